The van der Waals surface area contributed by atoms with Crippen molar-refractivity contribution in [3.05, 3.63) is 64.0 Å². The van der Waals surface area contributed by atoms with E-state index in [1.165, 1.54) is 0 Å². The first kappa shape index (κ1) is 13.8. The maximum Gasteiger partial charge on any atom is 0.307 e. The summed E-state index contributed by atoms with van der Waals surface area (Å²) in [7, 11) is 1.73. The number of para-hydroxylation sites is 1. The minimum absolute atomic E-state index is 0.0271. The van der Waals surface area contributed by atoms with Gasteiger partial charge in [0.25, 0.3) is 5.91 Å². The van der Waals surface area contributed by atoms with Crippen molar-refractivity contribution in [3.8, 4) is 0 Å². The standard InChI is InChI=1S/C17H12N2O3S/c1-19-12-7-6-11(9-15(12)23-17(19)21)18-16(20)14-8-10-4-2-3-5-13(10)22-14/h2-9H,1H3,(H,18,20). The van der Waals surface area contributed by atoms with E-state index in [4.69, 9.17) is 4.42 Å². The molecule has 2 aromatic heterocycles. The fraction of sp³-hybridized carbons (Fsp3) is 0.0588. The van der Waals surface area contributed by atoms with Crippen molar-refractivity contribution in [3.63, 3.8) is 0 Å². The summed E-state index contributed by atoms with van der Waals surface area (Å²) in [6, 6.07) is 14.6. The van der Waals surface area contributed by atoms with Gasteiger partial charge in [-0.15, -0.1) is 0 Å². The number of benzene rings is 2. The zero-order valence-corrected chi connectivity index (χ0v) is 13.0. The maximum atomic E-state index is 12.3. The van der Waals surface area contributed by atoms with Crippen molar-refractivity contribution in [1.29, 1.82) is 0 Å². The summed E-state index contributed by atoms with van der Waals surface area (Å²) >= 11 is 1.15. The van der Waals surface area contributed by atoms with Crippen molar-refractivity contribution in [1.82, 2.24) is 4.57 Å². The third kappa shape index (κ3) is 2.33. The number of nitrogens with zero attached hydrogens (tertiary/aromatic N) is 1. The number of thiazole rings is 1. The van der Waals surface area contributed by atoms with Gasteiger partial charge in [-0.25, -0.2) is 0 Å². The van der Waals surface area contributed by atoms with Crippen LogP contribution in [0, 0.1) is 0 Å². The summed E-state index contributed by atoms with van der Waals surface area (Å²) < 4.78 is 7.97. The molecule has 0 aliphatic heterocycles. The molecular weight excluding hydrogens is 312 g/mol. The number of hydrogen-bond donors (Lipinski definition) is 1. The van der Waals surface area contributed by atoms with Crippen LogP contribution < -0.4 is 10.2 Å². The molecule has 1 N–H and O–H groups in total. The van der Waals surface area contributed by atoms with Crippen LogP contribution in [0.5, 0.6) is 0 Å². The Bertz CT molecular complexity index is 1070. The molecule has 0 aliphatic carbocycles. The molecule has 2 aromatic carbocycles. The van der Waals surface area contributed by atoms with Gasteiger partial charge in [0.15, 0.2) is 5.76 Å². The van der Waals surface area contributed by atoms with Gasteiger partial charge >= 0.3 is 4.87 Å². The second kappa shape index (κ2) is 5.10. The van der Waals surface area contributed by atoms with E-state index in [1.54, 1.807) is 29.8 Å². The van der Waals surface area contributed by atoms with Crippen LogP contribution >= 0.6 is 11.3 Å². The first-order valence-corrected chi connectivity index (χ1v) is 7.83. The summed E-state index contributed by atoms with van der Waals surface area (Å²) in [6.45, 7) is 0. The molecule has 1 amide bonds. The number of nitrogens with one attached hydrogen (secondary N) is 1. The second-order valence-electron chi connectivity index (χ2n) is 5.21. The van der Waals surface area contributed by atoms with Crippen LogP contribution in [0.1, 0.15) is 10.6 Å². The first-order chi connectivity index (χ1) is 11.1. The molecule has 4 rings (SSSR count). The van der Waals surface area contributed by atoms with Gasteiger partial charge in [-0.2, -0.15) is 0 Å². The molecule has 4 aromatic rings. The summed E-state index contributed by atoms with van der Waals surface area (Å²) in [6.07, 6.45) is 0. The lowest BCUT2D eigenvalue weighted by molar-refractivity contribution is 0.0998. The van der Waals surface area contributed by atoms with Gasteiger partial charge in [0, 0.05) is 18.1 Å². The molecule has 0 atom stereocenters. The van der Waals surface area contributed by atoms with Gasteiger partial charge in [0.05, 0.1) is 10.2 Å². The Hall–Kier alpha value is -2.86. The molecule has 5 nitrogen and oxygen atoms in total. The van der Waals surface area contributed by atoms with Crippen LogP contribution in [0.3, 0.4) is 0 Å². The fourth-order valence-electron chi connectivity index (χ4n) is 2.50. The molecule has 0 unspecified atom stereocenters. The van der Waals surface area contributed by atoms with Crippen LogP contribution in [0.15, 0.2) is 57.7 Å². The Labute approximate surface area is 134 Å². The zero-order valence-electron chi connectivity index (χ0n) is 12.2. The molecule has 23 heavy (non-hydrogen) atoms. The summed E-state index contributed by atoms with van der Waals surface area (Å²) in [5.41, 5.74) is 2.15. The predicted octanol–water partition coefficient (Wildman–Crippen LogP) is 3.60. The van der Waals surface area contributed by atoms with Crippen molar-refractivity contribution in [2.75, 3.05) is 5.32 Å². The number of carbonyl (C=O) groups is 1. The highest BCUT2D eigenvalue weighted by Gasteiger charge is 2.13. The number of aromatic nitrogens is 1. The molecule has 0 saturated carbocycles. The number of hydrogen-bond acceptors (Lipinski definition) is 4. The lowest BCUT2D eigenvalue weighted by Gasteiger charge is -2.03. The van der Waals surface area contributed by atoms with E-state index in [2.05, 4.69) is 5.32 Å². The molecule has 6 heteroatoms. The monoisotopic (exact) mass is 324 g/mol. The normalized spacial score (nSPS) is 11.2. The molecule has 0 aliphatic rings. The van der Waals surface area contributed by atoms with E-state index >= 15 is 0 Å². The number of carbonyl (C=O) groups excluding carboxylic acids is 1. The van der Waals surface area contributed by atoms with Crippen LogP contribution in [0.25, 0.3) is 21.2 Å². The average Bonchev–Trinajstić information content (AvgIpc) is 3.09. The molecule has 0 saturated heterocycles. The molecule has 0 spiro atoms. The Morgan fingerprint density at radius 1 is 1.17 bits per heavy atom. The average molecular weight is 324 g/mol. The quantitative estimate of drug-likeness (QED) is 0.613. The second-order valence-corrected chi connectivity index (χ2v) is 6.21. The summed E-state index contributed by atoms with van der Waals surface area (Å²) in [5, 5.41) is 3.69. The smallest absolute Gasteiger partial charge is 0.307 e. The number of furan rings is 1. The van der Waals surface area contributed by atoms with Gasteiger partial charge < -0.3 is 14.3 Å². The predicted molar refractivity (Wildman–Crippen MR) is 91.2 cm³/mol. The lowest BCUT2D eigenvalue weighted by Crippen LogP contribution is -2.10. The summed E-state index contributed by atoms with van der Waals surface area (Å²) in [5.74, 6) is -0.0589. The van der Waals surface area contributed by atoms with Gasteiger partial charge in [-0.05, 0) is 30.3 Å². The van der Waals surface area contributed by atoms with Crippen molar-refractivity contribution in [2.24, 2.45) is 7.05 Å². The SMILES string of the molecule is Cn1c(=O)sc2cc(NC(=O)c3cc4ccccc4o3)ccc21. The number of amides is 1. The molecule has 0 radical (unpaired) electrons. The van der Waals surface area contributed by atoms with Gasteiger partial charge in [-0.1, -0.05) is 29.5 Å². The van der Waals surface area contributed by atoms with Gasteiger partial charge in [0.1, 0.15) is 5.58 Å². The van der Waals surface area contributed by atoms with Crippen molar-refractivity contribution < 1.29 is 9.21 Å². The largest absolute Gasteiger partial charge is 0.451 e. The highest BCUT2D eigenvalue weighted by Crippen LogP contribution is 2.23. The Morgan fingerprint density at radius 2 is 2.00 bits per heavy atom. The van der Waals surface area contributed by atoms with Crippen molar-refractivity contribution >= 4 is 44.1 Å². The van der Waals surface area contributed by atoms with E-state index in [1.807, 2.05) is 30.3 Å². The summed E-state index contributed by atoms with van der Waals surface area (Å²) in [4.78, 5) is 24.0. The zero-order chi connectivity index (χ0) is 16.0. The van der Waals surface area contributed by atoms with E-state index in [9.17, 15) is 9.59 Å². The molecule has 2 heterocycles. The van der Waals surface area contributed by atoms with Crippen molar-refractivity contribution in [2.45, 2.75) is 0 Å². The Balaban J connectivity index is 1.66. The van der Waals surface area contributed by atoms with Crippen LogP contribution in [-0.2, 0) is 7.05 Å². The minimum atomic E-state index is -0.316. The van der Waals surface area contributed by atoms with Crippen LogP contribution in [0.2, 0.25) is 0 Å². The Kier molecular flexibility index (Phi) is 3.06. The number of rotatable bonds is 2. The highest BCUT2D eigenvalue weighted by molar-refractivity contribution is 7.16. The fourth-order valence-corrected chi connectivity index (χ4v) is 3.42. The van der Waals surface area contributed by atoms with E-state index in [0.717, 1.165) is 26.9 Å². The van der Waals surface area contributed by atoms with Crippen LogP contribution in [0.4, 0.5) is 5.69 Å². The molecule has 0 bridgehead atoms. The third-order valence-electron chi connectivity index (χ3n) is 3.70. The van der Waals surface area contributed by atoms with Gasteiger partial charge in [0.2, 0.25) is 0 Å². The minimum Gasteiger partial charge on any atom is -0.451 e. The topological polar surface area (TPSA) is 64.2 Å². The Morgan fingerprint density at radius 3 is 2.83 bits per heavy atom. The van der Waals surface area contributed by atoms with E-state index < -0.39 is 0 Å². The van der Waals surface area contributed by atoms with Crippen LogP contribution in [-0.4, -0.2) is 10.5 Å². The lowest BCUT2D eigenvalue weighted by atomic mass is 10.2. The van der Waals surface area contributed by atoms with Gasteiger partial charge in [-0.3, -0.25) is 9.59 Å². The molecule has 114 valence electrons. The molecular formula is C17H12N2O3S. The number of fused-ring (bicyclic) bond motifs is 2. The highest BCUT2D eigenvalue weighted by atomic mass is 32.1. The molecule has 0 fully saturated rings. The third-order valence-corrected chi connectivity index (χ3v) is 4.69. The maximum absolute atomic E-state index is 12.3. The number of aryl methyl sites for hydroxylation is 1. The van der Waals surface area contributed by atoms with E-state index in [0.29, 0.717) is 11.3 Å². The van der Waals surface area contributed by atoms with E-state index in [-0.39, 0.29) is 16.5 Å². The first-order valence-electron chi connectivity index (χ1n) is 7.01. The number of anilines is 1.